The molecular formula is C11H21N3O3. The monoisotopic (exact) mass is 243 g/mol. The number of carbonyl (C=O) groups excluding carboxylic acids is 2. The lowest BCUT2D eigenvalue weighted by atomic mass is 9.80. The van der Waals surface area contributed by atoms with Crippen molar-refractivity contribution in [2.45, 2.75) is 19.8 Å². The average Bonchev–Trinajstić information content (AvgIpc) is 2.29. The molecule has 98 valence electrons. The number of hydrogen-bond donors (Lipinski definition) is 3. The molecule has 0 aromatic rings. The third kappa shape index (κ3) is 4.70. The topological polar surface area (TPSA) is 93.4 Å². The Hall–Kier alpha value is -1.14. The van der Waals surface area contributed by atoms with Gasteiger partial charge in [-0.3, -0.25) is 9.59 Å². The van der Waals surface area contributed by atoms with Crippen LogP contribution in [0.4, 0.5) is 0 Å². The molecule has 0 bridgehead atoms. The van der Waals surface area contributed by atoms with Gasteiger partial charge in [-0.05, 0) is 25.9 Å². The van der Waals surface area contributed by atoms with Crippen molar-refractivity contribution >= 4 is 11.8 Å². The van der Waals surface area contributed by atoms with Gasteiger partial charge in [-0.2, -0.15) is 0 Å². The standard InChI is InChI=1S/C11H21N3O3/c1-11(2-4-13-5-3-11)10(16)14-6-7-17-8-9(12)15/h13H,2-8H2,1H3,(H2,12,15)(H,14,16). The number of nitrogens with two attached hydrogens (primary N) is 1. The van der Waals surface area contributed by atoms with Crippen molar-refractivity contribution < 1.29 is 14.3 Å². The Morgan fingerprint density at radius 1 is 1.41 bits per heavy atom. The summed E-state index contributed by atoms with van der Waals surface area (Å²) in [6.45, 7) is 4.35. The second-order valence-corrected chi connectivity index (χ2v) is 4.59. The normalized spacial score (nSPS) is 18.6. The van der Waals surface area contributed by atoms with E-state index in [1.807, 2.05) is 6.92 Å². The van der Waals surface area contributed by atoms with Gasteiger partial charge in [0.1, 0.15) is 6.61 Å². The molecule has 0 spiro atoms. The zero-order valence-corrected chi connectivity index (χ0v) is 10.3. The summed E-state index contributed by atoms with van der Waals surface area (Å²) >= 11 is 0. The number of amides is 2. The van der Waals surface area contributed by atoms with E-state index >= 15 is 0 Å². The Bertz CT molecular complexity index is 275. The number of nitrogens with one attached hydrogen (secondary N) is 2. The molecule has 17 heavy (non-hydrogen) atoms. The third-order valence-corrected chi connectivity index (χ3v) is 3.03. The van der Waals surface area contributed by atoms with E-state index in [0.29, 0.717) is 13.2 Å². The highest BCUT2D eigenvalue weighted by Gasteiger charge is 2.33. The lowest BCUT2D eigenvalue weighted by Gasteiger charge is -2.32. The predicted octanol–water partition coefficient (Wildman–Crippen LogP) is -1.01. The molecule has 0 radical (unpaired) electrons. The largest absolute Gasteiger partial charge is 0.370 e. The fraction of sp³-hybridized carbons (Fsp3) is 0.818. The lowest BCUT2D eigenvalue weighted by Crippen LogP contribution is -2.46. The third-order valence-electron chi connectivity index (χ3n) is 3.03. The fourth-order valence-corrected chi connectivity index (χ4v) is 1.83. The average molecular weight is 243 g/mol. The van der Waals surface area contributed by atoms with Gasteiger partial charge in [0.15, 0.2) is 0 Å². The van der Waals surface area contributed by atoms with Gasteiger partial charge in [-0.15, -0.1) is 0 Å². The van der Waals surface area contributed by atoms with Crippen molar-refractivity contribution in [1.29, 1.82) is 0 Å². The van der Waals surface area contributed by atoms with Crippen molar-refractivity contribution in [2.24, 2.45) is 11.1 Å². The number of rotatable bonds is 6. The van der Waals surface area contributed by atoms with Gasteiger partial charge < -0.3 is 21.1 Å². The zero-order chi connectivity index (χ0) is 12.7. The van der Waals surface area contributed by atoms with Crippen molar-refractivity contribution in [1.82, 2.24) is 10.6 Å². The van der Waals surface area contributed by atoms with Crippen LogP contribution < -0.4 is 16.4 Å². The Morgan fingerprint density at radius 3 is 2.65 bits per heavy atom. The molecule has 0 aromatic heterocycles. The molecule has 1 saturated heterocycles. The molecule has 1 aliphatic heterocycles. The zero-order valence-electron chi connectivity index (χ0n) is 10.3. The second-order valence-electron chi connectivity index (χ2n) is 4.59. The first-order chi connectivity index (χ1) is 8.04. The summed E-state index contributed by atoms with van der Waals surface area (Å²) in [6, 6.07) is 0. The first-order valence-electron chi connectivity index (χ1n) is 5.90. The van der Waals surface area contributed by atoms with Crippen molar-refractivity contribution in [3.63, 3.8) is 0 Å². The van der Waals surface area contributed by atoms with Gasteiger partial charge >= 0.3 is 0 Å². The van der Waals surface area contributed by atoms with Crippen LogP contribution >= 0.6 is 0 Å². The molecule has 6 heteroatoms. The molecule has 1 heterocycles. The summed E-state index contributed by atoms with van der Waals surface area (Å²) < 4.78 is 4.96. The molecule has 0 atom stereocenters. The van der Waals surface area contributed by atoms with E-state index in [1.165, 1.54) is 0 Å². The molecule has 1 rings (SSSR count). The quantitative estimate of drug-likeness (QED) is 0.521. The molecule has 6 nitrogen and oxygen atoms in total. The minimum absolute atomic E-state index is 0.0571. The van der Waals surface area contributed by atoms with Crippen LogP contribution in [0.5, 0.6) is 0 Å². The summed E-state index contributed by atoms with van der Waals surface area (Å²) in [5.41, 5.74) is 4.63. The van der Waals surface area contributed by atoms with Gasteiger partial charge in [0.25, 0.3) is 0 Å². The van der Waals surface area contributed by atoms with Gasteiger partial charge in [0.2, 0.25) is 11.8 Å². The minimum atomic E-state index is -0.498. The molecule has 1 fully saturated rings. The number of hydrogen-bond acceptors (Lipinski definition) is 4. The van der Waals surface area contributed by atoms with Gasteiger partial charge in [-0.25, -0.2) is 0 Å². The van der Waals surface area contributed by atoms with Crippen LogP contribution in [0.1, 0.15) is 19.8 Å². The fourth-order valence-electron chi connectivity index (χ4n) is 1.83. The summed E-state index contributed by atoms with van der Waals surface area (Å²) in [6.07, 6.45) is 1.70. The van der Waals surface area contributed by atoms with Crippen LogP contribution in [0, 0.1) is 5.41 Å². The highest BCUT2D eigenvalue weighted by atomic mass is 16.5. The molecule has 0 aliphatic carbocycles. The first kappa shape index (κ1) is 13.9. The number of ether oxygens (including phenoxy) is 1. The molecule has 4 N–H and O–H groups in total. The van der Waals surface area contributed by atoms with Crippen LogP contribution in [0.25, 0.3) is 0 Å². The van der Waals surface area contributed by atoms with Crippen LogP contribution in [0.2, 0.25) is 0 Å². The van der Waals surface area contributed by atoms with E-state index in [1.54, 1.807) is 0 Å². The second kappa shape index (κ2) is 6.56. The van der Waals surface area contributed by atoms with Crippen molar-refractivity contribution in [3.05, 3.63) is 0 Å². The number of carbonyl (C=O) groups is 2. The first-order valence-corrected chi connectivity index (χ1v) is 5.90. The maximum Gasteiger partial charge on any atom is 0.243 e. The number of primary amides is 1. The van der Waals surface area contributed by atoms with E-state index in [9.17, 15) is 9.59 Å². The van der Waals surface area contributed by atoms with E-state index in [2.05, 4.69) is 10.6 Å². The van der Waals surface area contributed by atoms with Crippen molar-refractivity contribution in [3.8, 4) is 0 Å². The van der Waals surface area contributed by atoms with Crippen LogP contribution in [0.15, 0.2) is 0 Å². The molecule has 1 aliphatic rings. The van der Waals surface area contributed by atoms with Gasteiger partial charge in [0, 0.05) is 12.0 Å². The lowest BCUT2D eigenvalue weighted by molar-refractivity contribution is -0.131. The predicted molar refractivity (Wildman–Crippen MR) is 63.2 cm³/mol. The maximum atomic E-state index is 11.9. The summed E-state index contributed by atoms with van der Waals surface area (Å²) in [7, 11) is 0. The maximum absolute atomic E-state index is 11.9. The van der Waals surface area contributed by atoms with E-state index in [-0.39, 0.29) is 17.9 Å². The summed E-state index contributed by atoms with van der Waals surface area (Å²) in [4.78, 5) is 22.3. The van der Waals surface area contributed by atoms with Crippen molar-refractivity contribution in [2.75, 3.05) is 32.8 Å². The number of piperidine rings is 1. The molecule has 0 saturated carbocycles. The summed E-state index contributed by atoms with van der Waals surface area (Å²) in [5, 5.41) is 6.05. The van der Waals surface area contributed by atoms with Crippen LogP contribution in [-0.2, 0) is 14.3 Å². The van der Waals surface area contributed by atoms with Gasteiger partial charge in [-0.1, -0.05) is 6.92 Å². The Balaban J connectivity index is 2.17. The Labute approximate surface area is 101 Å². The smallest absolute Gasteiger partial charge is 0.243 e. The molecular weight excluding hydrogens is 222 g/mol. The highest BCUT2D eigenvalue weighted by Crippen LogP contribution is 2.27. The highest BCUT2D eigenvalue weighted by molar-refractivity contribution is 5.82. The summed E-state index contributed by atoms with van der Waals surface area (Å²) in [5.74, 6) is -0.441. The Kier molecular flexibility index (Phi) is 5.37. The van der Waals surface area contributed by atoms with Gasteiger partial charge in [0.05, 0.1) is 6.61 Å². The van der Waals surface area contributed by atoms with Crippen LogP contribution in [-0.4, -0.2) is 44.7 Å². The van der Waals surface area contributed by atoms with E-state index in [4.69, 9.17) is 10.5 Å². The minimum Gasteiger partial charge on any atom is -0.370 e. The van der Waals surface area contributed by atoms with Crippen LogP contribution in [0.3, 0.4) is 0 Å². The SMILES string of the molecule is CC1(C(=O)NCCOCC(N)=O)CCNCC1. The van der Waals surface area contributed by atoms with E-state index < -0.39 is 5.91 Å². The van der Waals surface area contributed by atoms with E-state index in [0.717, 1.165) is 25.9 Å². The molecule has 2 amide bonds. The molecule has 0 unspecified atom stereocenters. The molecule has 0 aromatic carbocycles. The Morgan fingerprint density at radius 2 is 2.06 bits per heavy atom.